The number of hydrogen-bond donors (Lipinski definition) is 1. The largest absolute Gasteiger partial charge is 0.459 e. The van der Waals surface area contributed by atoms with Crippen LogP contribution >= 0.6 is 0 Å². The summed E-state index contributed by atoms with van der Waals surface area (Å²) in [5.74, 6) is 1.26. The summed E-state index contributed by atoms with van der Waals surface area (Å²) in [6.07, 6.45) is 1.77. The molecule has 0 atom stereocenters. The van der Waals surface area contributed by atoms with Gasteiger partial charge in [-0.15, -0.1) is 0 Å². The molecule has 1 N–H and O–H groups in total. The Bertz CT molecular complexity index is 263. The molecule has 0 spiro atoms. The van der Waals surface area contributed by atoms with Gasteiger partial charge in [0.25, 0.3) is 0 Å². The molecule has 0 radical (unpaired) electrons. The van der Waals surface area contributed by atoms with Crippen LogP contribution in [0.2, 0.25) is 0 Å². The molecule has 0 aromatic heterocycles. The first-order valence-electron chi connectivity index (χ1n) is 5.67. The van der Waals surface area contributed by atoms with E-state index in [2.05, 4.69) is 5.32 Å². The summed E-state index contributed by atoms with van der Waals surface area (Å²) in [5, 5.41) is 3.16. The fourth-order valence-electron chi connectivity index (χ4n) is 1.60. The van der Waals surface area contributed by atoms with Crippen molar-refractivity contribution < 1.29 is 13.7 Å². The highest BCUT2D eigenvalue weighted by Gasteiger charge is 2.20. The van der Waals surface area contributed by atoms with E-state index in [1.165, 1.54) is 0 Å². The number of rotatable bonds is 3. The van der Waals surface area contributed by atoms with Crippen molar-refractivity contribution in [1.82, 2.24) is 5.32 Å². The lowest BCUT2D eigenvalue weighted by molar-refractivity contribution is -0.153. The molecule has 16 heavy (non-hydrogen) atoms. The Hall–Kier alpha value is -0.420. The van der Waals surface area contributed by atoms with Crippen LogP contribution in [0.1, 0.15) is 33.6 Å². The molecule has 0 saturated carbocycles. The van der Waals surface area contributed by atoms with Gasteiger partial charge >= 0.3 is 5.97 Å². The highest BCUT2D eigenvalue weighted by molar-refractivity contribution is 7.85. The molecule has 0 unspecified atom stereocenters. The number of nitrogens with one attached hydrogen (secondary N) is 1. The lowest BCUT2D eigenvalue weighted by atomic mass is 10.1. The van der Waals surface area contributed by atoms with E-state index in [0.717, 1.165) is 24.3 Å². The third-order valence-electron chi connectivity index (χ3n) is 2.34. The summed E-state index contributed by atoms with van der Waals surface area (Å²) >= 11 is 0. The highest BCUT2D eigenvalue weighted by atomic mass is 32.2. The minimum atomic E-state index is -0.647. The lowest BCUT2D eigenvalue weighted by Crippen LogP contribution is -2.40. The van der Waals surface area contributed by atoms with E-state index >= 15 is 0 Å². The van der Waals surface area contributed by atoms with E-state index in [1.54, 1.807) is 0 Å². The standard InChI is InChI=1S/C11H21NO3S/c1-11(2,3)15-10(13)8-12-9-4-6-16(14)7-5-9/h9,12H,4-8H2,1-3H3. The van der Waals surface area contributed by atoms with Gasteiger partial charge in [-0.1, -0.05) is 0 Å². The maximum absolute atomic E-state index is 11.4. The predicted octanol–water partition coefficient (Wildman–Crippen LogP) is 0.829. The molecule has 1 fully saturated rings. The molecule has 0 aromatic carbocycles. The van der Waals surface area contributed by atoms with Crippen LogP contribution in [-0.2, 0) is 20.3 Å². The van der Waals surface area contributed by atoms with E-state index in [0.29, 0.717) is 6.04 Å². The molecule has 0 aliphatic carbocycles. The first kappa shape index (κ1) is 13.6. The number of carbonyl (C=O) groups excluding carboxylic acids is 1. The van der Waals surface area contributed by atoms with Crippen molar-refractivity contribution in [2.75, 3.05) is 18.1 Å². The number of hydrogen-bond acceptors (Lipinski definition) is 4. The molecular weight excluding hydrogens is 226 g/mol. The smallest absolute Gasteiger partial charge is 0.320 e. The van der Waals surface area contributed by atoms with Crippen molar-refractivity contribution in [2.24, 2.45) is 0 Å². The molecule has 1 aliphatic rings. The molecule has 1 aliphatic heterocycles. The molecule has 5 heteroatoms. The second kappa shape index (κ2) is 5.77. The first-order chi connectivity index (χ1) is 7.37. The zero-order valence-electron chi connectivity index (χ0n) is 10.2. The Labute approximate surface area is 99.6 Å². The van der Waals surface area contributed by atoms with Gasteiger partial charge in [0.1, 0.15) is 5.60 Å². The summed E-state index contributed by atoms with van der Waals surface area (Å²) in [7, 11) is -0.647. The SMILES string of the molecule is CC(C)(C)OC(=O)CNC1CCS(=O)CC1. The second-order valence-corrected chi connectivity index (χ2v) is 6.79. The summed E-state index contributed by atoms with van der Waals surface area (Å²) < 4.78 is 16.3. The summed E-state index contributed by atoms with van der Waals surface area (Å²) in [6.45, 7) is 5.81. The lowest BCUT2D eigenvalue weighted by Gasteiger charge is -2.24. The molecular formula is C11H21NO3S. The topological polar surface area (TPSA) is 55.4 Å². The van der Waals surface area contributed by atoms with Gasteiger partial charge in [-0.3, -0.25) is 9.00 Å². The molecule has 94 valence electrons. The summed E-state index contributed by atoms with van der Waals surface area (Å²) in [4.78, 5) is 11.4. The molecule has 0 bridgehead atoms. The van der Waals surface area contributed by atoms with Crippen LogP contribution in [0.15, 0.2) is 0 Å². The molecule has 4 nitrogen and oxygen atoms in total. The van der Waals surface area contributed by atoms with Gasteiger partial charge in [0.05, 0.1) is 6.54 Å². The third kappa shape index (κ3) is 5.61. The average Bonchev–Trinajstić information content (AvgIpc) is 2.14. The van der Waals surface area contributed by atoms with Gasteiger partial charge in [0.15, 0.2) is 0 Å². The monoisotopic (exact) mass is 247 g/mol. The predicted molar refractivity (Wildman–Crippen MR) is 64.7 cm³/mol. The Morgan fingerprint density at radius 2 is 1.94 bits per heavy atom. The van der Waals surface area contributed by atoms with Crippen LogP contribution in [0.25, 0.3) is 0 Å². The van der Waals surface area contributed by atoms with Crippen LogP contribution in [0.5, 0.6) is 0 Å². The van der Waals surface area contributed by atoms with Crippen LogP contribution < -0.4 is 5.32 Å². The van der Waals surface area contributed by atoms with E-state index in [-0.39, 0.29) is 12.5 Å². The van der Waals surface area contributed by atoms with E-state index in [1.807, 2.05) is 20.8 Å². The Balaban J connectivity index is 2.19. The van der Waals surface area contributed by atoms with Crippen LogP contribution in [0.4, 0.5) is 0 Å². The van der Waals surface area contributed by atoms with Crippen LogP contribution in [-0.4, -0.2) is 39.9 Å². The number of esters is 1. The van der Waals surface area contributed by atoms with Gasteiger partial charge in [-0.05, 0) is 33.6 Å². The minimum absolute atomic E-state index is 0.223. The van der Waals surface area contributed by atoms with Crippen molar-refractivity contribution in [1.29, 1.82) is 0 Å². The fraction of sp³-hybridized carbons (Fsp3) is 0.909. The highest BCUT2D eigenvalue weighted by Crippen LogP contribution is 2.10. The Morgan fingerprint density at radius 1 is 1.38 bits per heavy atom. The van der Waals surface area contributed by atoms with Crippen molar-refractivity contribution in [2.45, 2.75) is 45.3 Å². The maximum Gasteiger partial charge on any atom is 0.320 e. The van der Waals surface area contributed by atoms with Gasteiger partial charge < -0.3 is 10.1 Å². The van der Waals surface area contributed by atoms with Crippen molar-refractivity contribution >= 4 is 16.8 Å². The van der Waals surface area contributed by atoms with Crippen molar-refractivity contribution in [3.63, 3.8) is 0 Å². The Kier molecular flexibility index (Phi) is 4.92. The first-order valence-corrected chi connectivity index (χ1v) is 7.16. The zero-order valence-corrected chi connectivity index (χ0v) is 11.1. The van der Waals surface area contributed by atoms with Gasteiger partial charge in [-0.2, -0.15) is 0 Å². The average molecular weight is 247 g/mol. The Morgan fingerprint density at radius 3 is 2.44 bits per heavy atom. The van der Waals surface area contributed by atoms with Gasteiger partial charge in [0, 0.05) is 28.3 Å². The zero-order chi connectivity index (χ0) is 12.2. The van der Waals surface area contributed by atoms with Crippen LogP contribution in [0, 0.1) is 0 Å². The minimum Gasteiger partial charge on any atom is -0.459 e. The van der Waals surface area contributed by atoms with Gasteiger partial charge in [-0.25, -0.2) is 0 Å². The van der Waals surface area contributed by atoms with E-state index < -0.39 is 16.4 Å². The number of ether oxygens (including phenoxy) is 1. The molecule has 1 saturated heterocycles. The molecule has 0 amide bonds. The van der Waals surface area contributed by atoms with Crippen LogP contribution in [0.3, 0.4) is 0 Å². The molecule has 0 aromatic rings. The quantitative estimate of drug-likeness (QED) is 0.751. The third-order valence-corrected chi connectivity index (χ3v) is 3.73. The van der Waals surface area contributed by atoms with Gasteiger partial charge in [0.2, 0.25) is 0 Å². The van der Waals surface area contributed by atoms with Crippen molar-refractivity contribution in [3.8, 4) is 0 Å². The summed E-state index contributed by atoms with van der Waals surface area (Å²) in [5.41, 5.74) is -0.424. The normalized spacial score (nSPS) is 26.4. The molecule has 1 rings (SSSR count). The van der Waals surface area contributed by atoms with E-state index in [4.69, 9.17) is 4.74 Å². The molecule has 1 heterocycles. The van der Waals surface area contributed by atoms with Crippen molar-refractivity contribution in [3.05, 3.63) is 0 Å². The fourth-order valence-corrected chi connectivity index (χ4v) is 2.90. The summed E-state index contributed by atoms with van der Waals surface area (Å²) in [6, 6.07) is 0.310. The second-order valence-electron chi connectivity index (χ2n) is 5.09. The number of carbonyl (C=O) groups is 1. The maximum atomic E-state index is 11.4. The van der Waals surface area contributed by atoms with E-state index in [9.17, 15) is 9.00 Å².